The van der Waals surface area contributed by atoms with Crippen LogP contribution in [0.5, 0.6) is 0 Å². The minimum atomic E-state index is -3.46. The standard InChI is InChI=1S/C19H19ClN4O3S/c1-28(25,26)23-17-11-14(12-22-19(17)20)13-2-3-16-15(10-13)18(4-5-21-16)24-6-8-27-9-7-24/h2-5,10-12,23H,6-9H2,1H3. The van der Waals surface area contributed by atoms with Gasteiger partial charge in [-0.2, -0.15) is 0 Å². The van der Waals surface area contributed by atoms with Crippen molar-refractivity contribution in [1.29, 1.82) is 0 Å². The Kier molecular flexibility index (Phi) is 5.09. The van der Waals surface area contributed by atoms with Crippen LogP contribution in [0, 0.1) is 0 Å². The van der Waals surface area contributed by atoms with E-state index in [0.717, 1.165) is 47.1 Å². The Bertz CT molecular complexity index is 1130. The summed E-state index contributed by atoms with van der Waals surface area (Å²) in [6, 6.07) is 9.62. The number of anilines is 2. The maximum absolute atomic E-state index is 11.6. The first-order valence-corrected chi connectivity index (χ1v) is 11.0. The molecule has 4 rings (SSSR count). The largest absolute Gasteiger partial charge is 0.378 e. The van der Waals surface area contributed by atoms with Crippen molar-refractivity contribution in [3.8, 4) is 11.1 Å². The molecule has 0 amide bonds. The Balaban J connectivity index is 1.78. The molecule has 3 aromatic rings. The molecule has 1 N–H and O–H groups in total. The number of nitrogens with one attached hydrogen (secondary N) is 1. The minimum absolute atomic E-state index is 0.102. The van der Waals surface area contributed by atoms with Gasteiger partial charge in [0.2, 0.25) is 10.0 Å². The Morgan fingerprint density at radius 1 is 1.11 bits per heavy atom. The van der Waals surface area contributed by atoms with Crippen molar-refractivity contribution in [3.05, 3.63) is 47.9 Å². The molecule has 1 aliphatic heterocycles. The first-order valence-electron chi connectivity index (χ1n) is 8.76. The van der Waals surface area contributed by atoms with Crippen molar-refractivity contribution in [2.24, 2.45) is 0 Å². The summed E-state index contributed by atoms with van der Waals surface area (Å²) in [5.74, 6) is 0. The molecule has 28 heavy (non-hydrogen) atoms. The van der Waals surface area contributed by atoms with Gasteiger partial charge in [0.1, 0.15) is 0 Å². The molecule has 0 aliphatic carbocycles. The SMILES string of the molecule is CS(=O)(=O)Nc1cc(-c2ccc3nccc(N4CCOCC4)c3c2)cnc1Cl. The molecule has 0 radical (unpaired) electrons. The van der Waals surface area contributed by atoms with Gasteiger partial charge in [-0.1, -0.05) is 17.7 Å². The summed E-state index contributed by atoms with van der Waals surface area (Å²) in [6.45, 7) is 3.05. The Morgan fingerprint density at radius 3 is 2.64 bits per heavy atom. The average molecular weight is 419 g/mol. The van der Waals surface area contributed by atoms with Gasteiger partial charge >= 0.3 is 0 Å². The number of morpholine rings is 1. The second-order valence-corrected chi connectivity index (χ2v) is 8.70. The molecule has 1 aliphatic rings. The minimum Gasteiger partial charge on any atom is -0.378 e. The molecule has 1 aromatic carbocycles. The first kappa shape index (κ1) is 18.9. The molecule has 146 valence electrons. The third kappa shape index (κ3) is 4.04. The van der Waals surface area contributed by atoms with E-state index in [-0.39, 0.29) is 10.8 Å². The number of fused-ring (bicyclic) bond motifs is 1. The van der Waals surface area contributed by atoms with Crippen LogP contribution in [0.25, 0.3) is 22.0 Å². The van der Waals surface area contributed by atoms with Crippen LogP contribution in [0.15, 0.2) is 42.7 Å². The summed E-state index contributed by atoms with van der Waals surface area (Å²) in [4.78, 5) is 10.9. The molecule has 0 bridgehead atoms. The van der Waals surface area contributed by atoms with Crippen molar-refractivity contribution in [3.63, 3.8) is 0 Å². The van der Waals surface area contributed by atoms with Gasteiger partial charge in [-0.25, -0.2) is 13.4 Å². The van der Waals surface area contributed by atoms with Gasteiger partial charge in [-0.05, 0) is 29.8 Å². The van der Waals surface area contributed by atoms with Crippen LogP contribution in [0.3, 0.4) is 0 Å². The normalized spacial score (nSPS) is 15.0. The molecular formula is C19H19ClN4O3S. The fourth-order valence-corrected chi connectivity index (χ4v) is 4.03. The quantitative estimate of drug-likeness (QED) is 0.655. The number of rotatable bonds is 4. The fourth-order valence-electron chi connectivity index (χ4n) is 3.27. The average Bonchev–Trinajstić information content (AvgIpc) is 2.68. The third-order valence-corrected chi connectivity index (χ3v) is 5.43. The van der Waals surface area contributed by atoms with Crippen LogP contribution in [0.1, 0.15) is 0 Å². The van der Waals surface area contributed by atoms with Gasteiger partial charge in [0.15, 0.2) is 5.15 Å². The van der Waals surface area contributed by atoms with E-state index < -0.39 is 10.0 Å². The first-order chi connectivity index (χ1) is 13.4. The van der Waals surface area contributed by atoms with E-state index >= 15 is 0 Å². The number of nitrogens with zero attached hydrogens (tertiary/aromatic N) is 3. The number of hydrogen-bond donors (Lipinski definition) is 1. The van der Waals surface area contributed by atoms with Crippen LogP contribution in [-0.2, 0) is 14.8 Å². The summed E-state index contributed by atoms with van der Waals surface area (Å²) in [6.07, 6.45) is 4.51. The lowest BCUT2D eigenvalue weighted by molar-refractivity contribution is 0.123. The predicted octanol–water partition coefficient (Wildman–Crippen LogP) is 3.16. The van der Waals surface area contributed by atoms with Crippen LogP contribution in [0.2, 0.25) is 5.15 Å². The third-order valence-electron chi connectivity index (χ3n) is 4.54. The highest BCUT2D eigenvalue weighted by atomic mass is 35.5. The number of benzene rings is 1. The molecule has 3 heterocycles. The van der Waals surface area contributed by atoms with Crippen LogP contribution in [-0.4, -0.2) is 50.9 Å². The zero-order valence-electron chi connectivity index (χ0n) is 15.2. The summed E-state index contributed by atoms with van der Waals surface area (Å²) < 4.78 is 31.0. The van der Waals surface area contributed by atoms with Crippen LogP contribution >= 0.6 is 11.6 Å². The van der Waals surface area contributed by atoms with Gasteiger partial charge in [0.25, 0.3) is 0 Å². The van der Waals surface area contributed by atoms with E-state index in [4.69, 9.17) is 16.3 Å². The predicted molar refractivity (Wildman–Crippen MR) is 111 cm³/mol. The molecule has 0 unspecified atom stereocenters. The van der Waals surface area contributed by atoms with Crippen molar-refractivity contribution in [1.82, 2.24) is 9.97 Å². The van der Waals surface area contributed by atoms with E-state index in [1.54, 1.807) is 12.3 Å². The Hall–Kier alpha value is -2.42. The van der Waals surface area contributed by atoms with Gasteiger partial charge < -0.3 is 9.64 Å². The van der Waals surface area contributed by atoms with Gasteiger partial charge in [0.05, 0.1) is 30.7 Å². The Labute approximate surface area is 168 Å². The van der Waals surface area contributed by atoms with Crippen molar-refractivity contribution >= 4 is 43.9 Å². The number of sulfonamides is 1. The number of aromatic nitrogens is 2. The second-order valence-electron chi connectivity index (χ2n) is 6.60. The van der Waals surface area contributed by atoms with Gasteiger partial charge in [-0.3, -0.25) is 9.71 Å². The maximum atomic E-state index is 11.6. The lowest BCUT2D eigenvalue weighted by Gasteiger charge is -2.29. The van der Waals surface area contributed by atoms with Crippen LogP contribution in [0.4, 0.5) is 11.4 Å². The van der Waals surface area contributed by atoms with E-state index in [0.29, 0.717) is 13.2 Å². The number of hydrogen-bond acceptors (Lipinski definition) is 6. The monoisotopic (exact) mass is 418 g/mol. The Morgan fingerprint density at radius 2 is 1.89 bits per heavy atom. The number of halogens is 1. The fraction of sp³-hybridized carbons (Fsp3) is 0.263. The van der Waals surface area contributed by atoms with E-state index in [2.05, 4.69) is 19.6 Å². The zero-order chi connectivity index (χ0) is 19.7. The molecule has 0 atom stereocenters. The maximum Gasteiger partial charge on any atom is 0.229 e. The van der Waals surface area contributed by atoms with Crippen molar-refractivity contribution in [2.45, 2.75) is 0 Å². The topological polar surface area (TPSA) is 84.4 Å². The zero-order valence-corrected chi connectivity index (χ0v) is 16.8. The molecule has 0 spiro atoms. The second kappa shape index (κ2) is 7.54. The molecule has 7 nitrogen and oxygen atoms in total. The molecule has 9 heteroatoms. The lowest BCUT2D eigenvalue weighted by Crippen LogP contribution is -2.36. The van der Waals surface area contributed by atoms with Crippen molar-refractivity contribution in [2.75, 3.05) is 42.2 Å². The number of ether oxygens (including phenoxy) is 1. The lowest BCUT2D eigenvalue weighted by atomic mass is 10.0. The smallest absolute Gasteiger partial charge is 0.229 e. The highest BCUT2D eigenvalue weighted by molar-refractivity contribution is 7.92. The molecule has 0 saturated carbocycles. The highest BCUT2D eigenvalue weighted by Crippen LogP contribution is 2.32. The summed E-state index contributed by atoms with van der Waals surface area (Å²) in [5.41, 5.74) is 3.90. The van der Waals surface area contributed by atoms with Gasteiger partial charge in [-0.15, -0.1) is 0 Å². The van der Waals surface area contributed by atoms with Gasteiger partial charge in [0, 0.05) is 42.1 Å². The summed E-state index contributed by atoms with van der Waals surface area (Å²) >= 11 is 6.04. The van der Waals surface area contributed by atoms with E-state index in [1.807, 2.05) is 30.5 Å². The number of pyridine rings is 2. The summed E-state index contributed by atoms with van der Waals surface area (Å²) in [7, 11) is -3.46. The highest BCUT2D eigenvalue weighted by Gasteiger charge is 2.15. The van der Waals surface area contributed by atoms with Crippen LogP contribution < -0.4 is 9.62 Å². The molecular weight excluding hydrogens is 400 g/mol. The summed E-state index contributed by atoms with van der Waals surface area (Å²) in [5, 5.41) is 1.13. The molecule has 2 aromatic heterocycles. The molecule has 1 fully saturated rings. The molecule has 1 saturated heterocycles. The van der Waals surface area contributed by atoms with E-state index in [1.165, 1.54) is 0 Å². The van der Waals surface area contributed by atoms with E-state index in [9.17, 15) is 8.42 Å². The van der Waals surface area contributed by atoms with Crippen molar-refractivity contribution < 1.29 is 13.2 Å².